The van der Waals surface area contributed by atoms with Gasteiger partial charge in [0.05, 0.1) is 30.3 Å². The molecule has 2 rings (SSSR count). The van der Waals surface area contributed by atoms with Crippen molar-refractivity contribution >= 4 is 11.9 Å². The van der Waals surface area contributed by atoms with Crippen molar-refractivity contribution in [3.05, 3.63) is 79.5 Å². The number of aliphatic hydroxyl groups is 2. The molecule has 0 amide bonds. The Labute approximate surface area is 232 Å². The van der Waals surface area contributed by atoms with Crippen molar-refractivity contribution in [1.82, 2.24) is 13.7 Å². The zero-order valence-electron chi connectivity index (χ0n) is 23.9. The molecule has 0 aliphatic carbocycles. The molecule has 1 heterocycles. The fourth-order valence-corrected chi connectivity index (χ4v) is 3.93. The van der Waals surface area contributed by atoms with Crippen molar-refractivity contribution in [2.24, 2.45) is 5.41 Å². The molecule has 0 radical (unpaired) electrons. The Balaban J connectivity index is 2.06. The van der Waals surface area contributed by atoms with Crippen LogP contribution in [0.2, 0.25) is 0 Å². The number of nitrogens with zero attached hydrogens (tertiary/aromatic N) is 3. The van der Waals surface area contributed by atoms with Gasteiger partial charge >= 0.3 is 29.0 Å². The van der Waals surface area contributed by atoms with Crippen LogP contribution in [0.5, 0.6) is 0 Å². The van der Waals surface area contributed by atoms with Gasteiger partial charge in [-0.25, -0.2) is 37.7 Å². The van der Waals surface area contributed by atoms with Gasteiger partial charge < -0.3 is 19.7 Å². The second-order valence-electron chi connectivity index (χ2n) is 11.7. The Bertz CT molecular complexity index is 1390. The van der Waals surface area contributed by atoms with E-state index in [-0.39, 0.29) is 29.7 Å². The number of aliphatic hydroxyl groups excluding tert-OH is 2. The van der Waals surface area contributed by atoms with Crippen LogP contribution in [-0.4, -0.2) is 61.3 Å². The maximum atomic E-state index is 13.0. The highest BCUT2D eigenvalue weighted by atomic mass is 16.5. The summed E-state index contributed by atoms with van der Waals surface area (Å²) in [7, 11) is 0. The summed E-state index contributed by atoms with van der Waals surface area (Å²) in [4.78, 5) is 63.2. The first-order valence-electron chi connectivity index (χ1n) is 12.8. The van der Waals surface area contributed by atoms with Gasteiger partial charge in [-0.3, -0.25) is 0 Å². The van der Waals surface area contributed by atoms with E-state index in [1.54, 1.807) is 20.8 Å². The third-order valence-electron chi connectivity index (χ3n) is 5.70. The third kappa shape index (κ3) is 8.62. The van der Waals surface area contributed by atoms with E-state index in [0.29, 0.717) is 11.0 Å². The standard InChI is InChI=1S/C28H39N3O9/c1-8-13-29-24(36)30(26(38)31(25(29)37)28(5,6)7)15-21(33)17-40-23(35)19-11-9-18(10-12-19)22(34)39-16-20(32)14-27(2,3)4/h8-12,20-21,32-33H,1,13-17H2,2-7H3. The second kappa shape index (κ2) is 13.1. The summed E-state index contributed by atoms with van der Waals surface area (Å²) in [5.41, 5.74) is -3.44. The number of carbonyl (C=O) groups is 2. The molecule has 40 heavy (non-hydrogen) atoms. The average Bonchev–Trinajstić information content (AvgIpc) is 2.84. The largest absolute Gasteiger partial charge is 0.459 e. The number of carbonyl (C=O) groups excluding carboxylic acids is 2. The zero-order valence-corrected chi connectivity index (χ0v) is 23.9. The lowest BCUT2D eigenvalue weighted by atomic mass is 9.89. The van der Waals surface area contributed by atoms with Crippen LogP contribution in [0.15, 0.2) is 51.3 Å². The maximum absolute atomic E-state index is 13.0. The van der Waals surface area contributed by atoms with E-state index in [1.807, 2.05) is 20.8 Å². The molecule has 0 spiro atoms. The van der Waals surface area contributed by atoms with Crippen molar-refractivity contribution < 1.29 is 29.3 Å². The molecule has 1 aromatic heterocycles. The topological polar surface area (TPSA) is 159 Å². The Hall–Kier alpha value is -3.77. The van der Waals surface area contributed by atoms with Crippen molar-refractivity contribution in [2.75, 3.05) is 13.2 Å². The van der Waals surface area contributed by atoms with E-state index in [0.717, 1.165) is 9.13 Å². The molecule has 2 N–H and O–H groups in total. The fourth-order valence-electron chi connectivity index (χ4n) is 3.93. The van der Waals surface area contributed by atoms with Gasteiger partial charge in [0.25, 0.3) is 0 Å². The summed E-state index contributed by atoms with van der Waals surface area (Å²) in [5.74, 6) is -1.47. The molecular formula is C28H39N3O9. The number of hydrogen-bond acceptors (Lipinski definition) is 9. The lowest BCUT2D eigenvalue weighted by Gasteiger charge is -2.24. The summed E-state index contributed by atoms with van der Waals surface area (Å²) in [6, 6.07) is 5.41. The van der Waals surface area contributed by atoms with Gasteiger partial charge in [0.15, 0.2) is 0 Å². The molecular weight excluding hydrogens is 522 g/mol. The smallest absolute Gasteiger partial charge is 0.338 e. The third-order valence-corrected chi connectivity index (χ3v) is 5.70. The Morgan fingerprint density at radius 1 is 0.825 bits per heavy atom. The van der Waals surface area contributed by atoms with Gasteiger partial charge in [0.2, 0.25) is 0 Å². The highest BCUT2D eigenvalue weighted by Gasteiger charge is 2.25. The van der Waals surface area contributed by atoms with Crippen LogP contribution in [0.4, 0.5) is 0 Å². The molecule has 0 fully saturated rings. The Morgan fingerprint density at radius 3 is 1.70 bits per heavy atom. The maximum Gasteiger partial charge on any atom is 0.338 e. The van der Waals surface area contributed by atoms with Crippen LogP contribution >= 0.6 is 0 Å². The number of ether oxygens (including phenoxy) is 2. The quantitative estimate of drug-likeness (QED) is 0.304. The minimum Gasteiger partial charge on any atom is -0.459 e. The van der Waals surface area contributed by atoms with E-state index in [1.165, 1.54) is 30.3 Å². The van der Waals surface area contributed by atoms with Gasteiger partial charge in [-0.15, -0.1) is 6.58 Å². The Kier molecular flexibility index (Phi) is 10.6. The van der Waals surface area contributed by atoms with Gasteiger partial charge in [0.1, 0.15) is 19.3 Å². The predicted octanol–water partition coefficient (Wildman–Crippen LogP) is 1.28. The first-order chi connectivity index (χ1) is 18.5. The normalized spacial score (nSPS) is 13.4. The van der Waals surface area contributed by atoms with Crippen LogP contribution in [0, 0.1) is 5.41 Å². The van der Waals surface area contributed by atoms with Crippen LogP contribution in [0.1, 0.15) is 68.7 Å². The number of hydrogen-bond donors (Lipinski definition) is 2. The summed E-state index contributed by atoms with van der Waals surface area (Å²) in [6.07, 6.45) is -0.449. The lowest BCUT2D eigenvalue weighted by Crippen LogP contribution is -2.59. The molecule has 12 heteroatoms. The average molecular weight is 562 g/mol. The van der Waals surface area contributed by atoms with Gasteiger partial charge in [-0.1, -0.05) is 26.8 Å². The van der Waals surface area contributed by atoms with E-state index in [4.69, 9.17) is 9.47 Å². The van der Waals surface area contributed by atoms with E-state index >= 15 is 0 Å². The van der Waals surface area contributed by atoms with Crippen LogP contribution in [0.25, 0.3) is 0 Å². The first kappa shape index (κ1) is 32.4. The van der Waals surface area contributed by atoms with Crippen LogP contribution < -0.4 is 17.1 Å². The lowest BCUT2D eigenvalue weighted by molar-refractivity contribution is 0.0152. The fraction of sp³-hybridized carbons (Fsp3) is 0.536. The molecule has 0 bridgehead atoms. The molecule has 2 aromatic rings. The minimum absolute atomic E-state index is 0.0864. The van der Waals surface area contributed by atoms with E-state index in [9.17, 15) is 34.2 Å². The molecule has 0 aliphatic rings. The van der Waals surface area contributed by atoms with Crippen LogP contribution in [0.3, 0.4) is 0 Å². The van der Waals surface area contributed by atoms with Crippen molar-refractivity contribution in [3.63, 3.8) is 0 Å². The van der Waals surface area contributed by atoms with Gasteiger partial charge in [0, 0.05) is 5.54 Å². The predicted molar refractivity (Wildman–Crippen MR) is 148 cm³/mol. The SMILES string of the molecule is C=CCn1c(=O)n(CC(O)COC(=O)c2ccc(C(=O)OCC(O)CC(C)(C)C)cc2)c(=O)n(C(C)(C)C)c1=O. The molecule has 220 valence electrons. The van der Waals surface area contributed by atoms with Crippen LogP contribution in [-0.2, 0) is 28.1 Å². The monoisotopic (exact) mass is 561 g/mol. The molecule has 0 aliphatic heterocycles. The van der Waals surface area contributed by atoms with Crippen molar-refractivity contribution in [2.45, 2.75) is 78.8 Å². The number of allylic oxidation sites excluding steroid dienone is 1. The summed E-state index contributed by atoms with van der Waals surface area (Å²) in [5, 5.41) is 20.5. The number of rotatable bonds is 11. The van der Waals surface area contributed by atoms with E-state index < -0.39 is 59.9 Å². The first-order valence-corrected chi connectivity index (χ1v) is 12.8. The molecule has 12 nitrogen and oxygen atoms in total. The number of aromatic nitrogens is 3. The highest BCUT2D eigenvalue weighted by Crippen LogP contribution is 2.21. The van der Waals surface area contributed by atoms with Gasteiger partial charge in [-0.05, 0) is 56.9 Å². The summed E-state index contributed by atoms with van der Waals surface area (Å²) in [6.45, 7) is 12.9. The molecule has 2 unspecified atom stereocenters. The van der Waals surface area contributed by atoms with Crippen molar-refractivity contribution in [1.29, 1.82) is 0 Å². The number of benzene rings is 1. The minimum atomic E-state index is -1.44. The highest BCUT2D eigenvalue weighted by molar-refractivity contribution is 5.93. The molecule has 0 saturated carbocycles. The molecule has 1 aromatic carbocycles. The summed E-state index contributed by atoms with van der Waals surface area (Å²) < 4.78 is 12.7. The second-order valence-corrected chi connectivity index (χ2v) is 11.7. The van der Waals surface area contributed by atoms with Crippen molar-refractivity contribution in [3.8, 4) is 0 Å². The molecule has 0 saturated heterocycles. The molecule has 2 atom stereocenters. The zero-order chi connectivity index (χ0) is 30.4. The van der Waals surface area contributed by atoms with E-state index in [2.05, 4.69) is 6.58 Å². The number of esters is 2. The summed E-state index contributed by atoms with van der Waals surface area (Å²) >= 11 is 0. The van der Waals surface area contributed by atoms with Gasteiger partial charge in [-0.2, -0.15) is 0 Å². The Morgan fingerprint density at radius 2 is 1.27 bits per heavy atom.